The van der Waals surface area contributed by atoms with Crippen molar-refractivity contribution in [3.63, 3.8) is 0 Å². The van der Waals surface area contributed by atoms with Crippen LogP contribution >= 0.6 is 31.9 Å². The number of halogens is 2. The summed E-state index contributed by atoms with van der Waals surface area (Å²) in [6.45, 7) is 4.69. The number of hydrogen-bond donors (Lipinski definition) is 0. The smallest absolute Gasteiger partial charge is 0.306 e. The van der Waals surface area contributed by atoms with Crippen LogP contribution in [0.2, 0.25) is 0 Å². The maximum Gasteiger partial charge on any atom is 0.306 e. The lowest BCUT2D eigenvalue weighted by Gasteiger charge is -2.12. The minimum atomic E-state index is -0.375. The highest BCUT2D eigenvalue weighted by Crippen LogP contribution is 2.14. The summed E-state index contributed by atoms with van der Waals surface area (Å²) in [5.41, 5.74) is 0. The first kappa shape index (κ1) is 17.9. The van der Waals surface area contributed by atoms with Gasteiger partial charge < -0.3 is 9.47 Å². The molecule has 0 aliphatic carbocycles. The van der Waals surface area contributed by atoms with Crippen LogP contribution in [-0.2, 0) is 19.1 Å². The third-order valence-corrected chi connectivity index (χ3v) is 4.60. The van der Waals surface area contributed by atoms with E-state index in [1.165, 1.54) is 0 Å². The molecule has 6 heteroatoms. The predicted molar refractivity (Wildman–Crippen MR) is 77.2 cm³/mol. The second-order valence-corrected chi connectivity index (χ2v) is 6.57. The fraction of sp³-hybridized carbons (Fsp3) is 0.833. The van der Waals surface area contributed by atoms with E-state index in [0.717, 1.165) is 12.8 Å². The number of carbonyl (C=O) groups is 2. The number of alkyl halides is 2. The summed E-state index contributed by atoms with van der Waals surface area (Å²) in [7, 11) is 0. The minimum Gasteiger partial charge on any atom is -0.466 e. The molecule has 0 saturated carbocycles. The van der Waals surface area contributed by atoms with Crippen molar-refractivity contribution in [2.75, 3.05) is 13.2 Å². The van der Waals surface area contributed by atoms with Crippen molar-refractivity contribution < 1.29 is 19.1 Å². The second-order valence-electron chi connectivity index (χ2n) is 3.95. The van der Waals surface area contributed by atoms with Gasteiger partial charge in [-0.15, -0.1) is 0 Å². The molecule has 0 saturated heterocycles. The Hall–Kier alpha value is -0.100. The van der Waals surface area contributed by atoms with E-state index in [4.69, 9.17) is 9.47 Å². The van der Waals surface area contributed by atoms with Gasteiger partial charge in [-0.3, -0.25) is 9.59 Å². The number of ether oxygens (including phenoxy) is 2. The van der Waals surface area contributed by atoms with Crippen molar-refractivity contribution in [3.8, 4) is 0 Å². The first-order valence-electron chi connectivity index (χ1n) is 6.06. The summed E-state index contributed by atoms with van der Waals surface area (Å²) < 4.78 is 9.95. The van der Waals surface area contributed by atoms with E-state index in [-0.39, 0.29) is 41.0 Å². The summed E-state index contributed by atoms with van der Waals surface area (Å²) >= 11 is 6.75. The highest BCUT2D eigenvalue weighted by molar-refractivity contribution is 9.12. The maximum atomic E-state index is 11.3. The maximum absolute atomic E-state index is 11.3. The number of rotatable bonds is 9. The fourth-order valence-electron chi connectivity index (χ4n) is 0.984. The number of hydrogen-bond acceptors (Lipinski definition) is 4. The Kier molecular flexibility index (Phi) is 10.7. The van der Waals surface area contributed by atoms with Crippen LogP contribution in [0.1, 0.15) is 39.5 Å². The van der Waals surface area contributed by atoms with Crippen molar-refractivity contribution in [2.24, 2.45) is 0 Å². The molecule has 0 amide bonds. The average molecular weight is 388 g/mol. The molecule has 18 heavy (non-hydrogen) atoms. The Morgan fingerprint density at radius 1 is 1.11 bits per heavy atom. The molecule has 0 N–H and O–H groups in total. The van der Waals surface area contributed by atoms with Crippen LogP contribution in [0, 0.1) is 0 Å². The van der Waals surface area contributed by atoms with Crippen LogP contribution in [0.5, 0.6) is 0 Å². The molecule has 0 bridgehead atoms. The van der Waals surface area contributed by atoms with Crippen molar-refractivity contribution in [3.05, 3.63) is 0 Å². The molecule has 0 spiro atoms. The Morgan fingerprint density at radius 3 is 2.17 bits per heavy atom. The van der Waals surface area contributed by atoms with Crippen molar-refractivity contribution in [1.29, 1.82) is 0 Å². The van der Waals surface area contributed by atoms with Crippen LogP contribution in [0.4, 0.5) is 0 Å². The molecule has 0 radical (unpaired) electrons. The lowest BCUT2D eigenvalue weighted by Crippen LogP contribution is -2.20. The SMILES string of the molecule is CCCCOC(=O)CCC(=O)OCC(Br)C(C)Br. The largest absolute Gasteiger partial charge is 0.466 e. The molecule has 106 valence electrons. The Morgan fingerprint density at radius 2 is 1.67 bits per heavy atom. The summed E-state index contributed by atoms with van der Waals surface area (Å²) in [6.07, 6.45) is 1.98. The molecule has 0 aliphatic rings. The molecule has 0 aromatic heterocycles. The Bertz CT molecular complexity index is 256. The monoisotopic (exact) mass is 386 g/mol. The molecule has 0 fully saturated rings. The minimum absolute atomic E-state index is 0.0676. The molecule has 0 heterocycles. The average Bonchev–Trinajstić information content (AvgIpc) is 2.33. The van der Waals surface area contributed by atoms with Gasteiger partial charge in [-0.05, 0) is 6.42 Å². The lowest BCUT2D eigenvalue weighted by molar-refractivity contribution is -0.150. The molecule has 0 aromatic carbocycles. The molecule has 2 unspecified atom stereocenters. The van der Waals surface area contributed by atoms with Crippen LogP contribution in [0.15, 0.2) is 0 Å². The van der Waals surface area contributed by atoms with Gasteiger partial charge in [-0.1, -0.05) is 52.1 Å². The molecule has 0 rings (SSSR count). The van der Waals surface area contributed by atoms with Gasteiger partial charge in [0.15, 0.2) is 0 Å². The highest BCUT2D eigenvalue weighted by atomic mass is 79.9. The van der Waals surface area contributed by atoms with Gasteiger partial charge in [0.05, 0.1) is 24.3 Å². The van der Waals surface area contributed by atoms with E-state index in [2.05, 4.69) is 31.9 Å². The summed E-state index contributed by atoms with van der Waals surface area (Å²) in [5, 5.41) is 0. The van der Waals surface area contributed by atoms with E-state index in [1.807, 2.05) is 13.8 Å². The lowest BCUT2D eigenvalue weighted by atomic mass is 10.3. The van der Waals surface area contributed by atoms with Gasteiger partial charge in [-0.2, -0.15) is 0 Å². The third-order valence-electron chi connectivity index (χ3n) is 2.20. The van der Waals surface area contributed by atoms with Gasteiger partial charge >= 0.3 is 11.9 Å². The van der Waals surface area contributed by atoms with Crippen molar-refractivity contribution >= 4 is 43.8 Å². The summed E-state index contributed by atoms with van der Waals surface area (Å²) in [4.78, 5) is 22.8. The van der Waals surface area contributed by atoms with Crippen LogP contribution < -0.4 is 0 Å². The second kappa shape index (κ2) is 10.8. The molecular weight excluding hydrogens is 368 g/mol. The Balaban J connectivity index is 3.61. The molecule has 2 atom stereocenters. The van der Waals surface area contributed by atoms with Gasteiger partial charge in [0, 0.05) is 4.83 Å². The van der Waals surface area contributed by atoms with Gasteiger partial charge in [0.2, 0.25) is 0 Å². The highest BCUT2D eigenvalue weighted by Gasteiger charge is 2.14. The zero-order valence-electron chi connectivity index (χ0n) is 10.8. The summed E-state index contributed by atoms with van der Waals surface area (Å²) in [5.74, 6) is -0.718. The van der Waals surface area contributed by atoms with E-state index < -0.39 is 0 Å². The molecule has 0 aliphatic heterocycles. The van der Waals surface area contributed by atoms with Crippen LogP contribution in [-0.4, -0.2) is 34.8 Å². The Labute approximate surface area is 125 Å². The van der Waals surface area contributed by atoms with E-state index in [9.17, 15) is 9.59 Å². The molecule has 0 aromatic rings. The molecule has 4 nitrogen and oxygen atoms in total. The number of unbranched alkanes of at least 4 members (excludes halogenated alkanes) is 1. The number of esters is 2. The molecular formula is C12H20Br2O4. The van der Waals surface area contributed by atoms with Crippen LogP contribution in [0.3, 0.4) is 0 Å². The van der Waals surface area contributed by atoms with E-state index in [0.29, 0.717) is 6.61 Å². The topological polar surface area (TPSA) is 52.6 Å². The fourth-order valence-corrected chi connectivity index (χ4v) is 1.27. The third kappa shape index (κ3) is 9.88. The van der Waals surface area contributed by atoms with Crippen molar-refractivity contribution in [2.45, 2.75) is 49.2 Å². The predicted octanol–water partition coefficient (Wildman–Crippen LogP) is 3.20. The quantitative estimate of drug-likeness (QED) is 0.346. The standard InChI is InChI=1S/C12H20Br2O4/c1-3-4-7-17-11(15)5-6-12(16)18-8-10(14)9(2)13/h9-10H,3-8H2,1-2H3. The first-order valence-corrected chi connectivity index (χ1v) is 7.89. The van der Waals surface area contributed by atoms with E-state index in [1.54, 1.807) is 0 Å². The first-order chi connectivity index (χ1) is 8.47. The van der Waals surface area contributed by atoms with Crippen molar-refractivity contribution in [1.82, 2.24) is 0 Å². The normalized spacial score (nSPS) is 13.8. The van der Waals surface area contributed by atoms with E-state index >= 15 is 0 Å². The summed E-state index contributed by atoms with van der Waals surface area (Å²) in [6, 6.07) is 0. The van der Waals surface area contributed by atoms with Gasteiger partial charge in [0.1, 0.15) is 6.61 Å². The number of carbonyl (C=O) groups excluding carboxylic acids is 2. The van der Waals surface area contributed by atoms with Gasteiger partial charge in [-0.25, -0.2) is 0 Å². The zero-order valence-corrected chi connectivity index (χ0v) is 14.0. The van der Waals surface area contributed by atoms with Crippen LogP contribution in [0.25, 0.3) is 0 Å². The zero-order chi connectivity index (χ0) is 14.0. The van der Waals surface area contributed by atoms with Gasteiger partial charge in [0.25, 0.3) is 0 Å².